The highest BCUT2D eigenvalue weighted by Crippen LogP contribution is 2.33. The average Bonchev–Trinajstić information content (AvgIpc) is 2.98. The third kappa shape index (κ3) is 5.47. The number of alkyl halides is 3. The number of nitrogens with two attached hydrogens (primary N) is 2. The molecule has 0 aliphatic rings. The summed E-state index contributed by atoms with van der Waals surface area (Å²) in [6, 6.07) is 3.96. The van der Waals surface area contributed by atoms with Crippen molar-refractivity contribution in [3.8, 4) is 0 Å². The van der Waals surface area contributed by atoms with Gasteiger partial charge in [-0.1, -0.05) is 6.07 Å². The highest BCUT2D eigenvalue weighted by atomic mass is 32.1. The second-order valence-corrected chi connectivity index (χ2v) is 8.15. The zero-order valence-electron chi connectivity index (χ0n) is 16.3. The lowest BCUT2D eigenvalue weighted by atomic mass is 10.1. The number of benzene rings is 1. The summed E-state index contributed by atoms with van der Waals surface area (Å²) in [4.78, 5) is 37.5. The number of hydrogen-bond acceptors (Lipinski definition) is 6. The first kappa shape index (κ1) is 23.1. The van der Waals surface area contributed by atoms with Crippen LogP contribution < -0.4 is 21.7 Å². The van der Waals surface area contributed by atoms with Gasteiger partial charge >= 0.3 is 6.18 Å². The van der Waals surface area contributed by atoms with E-state index in [9.17, 15) is 27.6 Å². The molecule has 0 saturated heterocycles. The predicted molar refractivity (Wildman–Crippen MR) is 106 cm³/mol. The Labute approximate surface area is 174 Å². The number of hydrogen-bond donors (Lipinski definition) is 3. The van der Waals surface area contributed by atoms with Crippen molar-refractivity contribution in [2.45, 2.75) is 32.5 Å². The highest BCUT2D eigenvalue weighted by molar-refractivity contribution is 7.09. The molecule has 0 saturated carbocycles. The van der Waals surface area contributed by atoms with Gasteiger partial charge in [0, 0.05) is 11.2 Å². The molecule has 0 aliphatic heterocycles. The Balaban J connectivity index is 2.50. The third-order valence-corrected chi connectivity index (χ3v) is 4.55. The van der Waals surface area contributed by atoms with Crippen LogP contribution in [0.2, 0.25) is 0 Å². The van der Waals surface area contributed by atoms with E-state index in [4.69, 9.17) is 11.5 Å². The molecular formula is C18H20F3N5O3S. The predicted octanol–water partition coefficient (Wildman–Crippen LogP) is 2.40. The fourth-order valence-corrected chi connectivity index (χ4v) is 3.24. The molecule has 12 heteroatoms. The van der Waals surface area contributed by atoms with Crippen LogP contribution in [0.3, 0.4) is 0 Å². The topological polar surface area (TPSA) is 131 Å². The summed E-state index contributed by atoms with van der Waals surface area (Å²) in [5.41, 5.74) is 8.48. The number of rotatable bonds is 5. The molecule has 0 bridgehead atoms. The number of halogens is 3. The number of carbonyl (C=O) groups excluding carboxylic acids is 3. The first-order valence-electron chi connectivity index (χ1n) is 8.56. The Morgan fingerprint density at radius 1 is 1.20 bits per heavy atom. The van der Waals surface area contributed by atoms with Gasteiger partial charge < -0.3 is 16.8 Å². The maximum Gasteiger partial charge on any atom is 0.416 e. The Morgan fingerprint density at radius 3 is 2.33 bits per heavy atom. The van der Waals surface area contributed by atoms with E-state index >= 15 is 0 Å². The molecule has 1 aromatic carbocycles. The van der Waals surface area contributed by atoms with Crippen molar-refractivity contribution < 1.29 is 27.6 Å². The molecule has 0 spiro atoms. The molecule has 2 aromatic rings. The van der Waals surface area contributed by atoms with Crippen LogP contribution in [0.25, 0.3) is 0 Å². The summed E-state index contributed by atoms with van der Waals surface area (Å²) < 4.78 is 43.1. The molecule has 162 valence electrons. The summed E-state index contributed by atoms with van der Waals surface area (Å²) in [6.45, 7) is 4.55. The van der Waals surface area contributed by atoms with E-state index in [2.05, 4.69) is 9.69 Å². The summed E-state index contributed by atoms with van der Waals surface area (Å²) in [5.74, 6) is -2.45. The number of carbonyl (C=O) groups is 3. The average molecular weight is 443 g/mol. The molecule has 5 N–H and O–H groups in total. The van der Waals surface area contributed by atoms with Gasteiger partial charge in [0.15, 0.2) is 5.69 Å². The van der Waals surface area contributed by atoms with Crippen LogP contribution in [-0.4, -0.2) is 34.2 Å². The second kappa shape index (κ2) is 8.30. The zero-order valence-corrected chi connectivity index (χ0v) is 17.1. The van der Waals surface area contributed by atoms with Crippen LogP contribution in [0.4, 0.5) is 24.5 Å². The van der Waals surface area contributed by atoms with Crippen LogP contribution in [0, 0.1) is 0 Å². The van der Waals surface area contributed by atoms with E-state index in [0.717, 1.165) is 23.1 Å². The summed E-state index contributed by atoms with van der Waals surface area (Å²) in [5, 5.41) is 2.64. The first-order valence-corrected chi connectivity index (χ1v) is 9.33. The molecule has 3 amide bonds. The fourth-order valence-electron chi connectivity index (χ4n) is 2.48. The van der Waals surface area contributed by atoms with Crippen LogP contribution >= 0.6 is 11.5 Å². The minimum atomic E-state index is -4.65. The number of amides is 3. The molecular weight excluding hydrogens is 423 g/mol. The molecule has 1 heterocycles. The first-order chi connectivity index (χ1) is 13.7. The van der Waals surface area contributed by atoms with E-state index < -0.39 is 41.5 Å². The minimum absolute atomic E-state index is 0.174. The van der Waals surface area contributed by atoms with E-state index in [1.165, 1.54) is 6.07 Å². The van der Waals surface area contributed by atoms with Crippen LogP contribution in [0.5, 0.6) is 0 Å². The highest BCUT2D eigenvalue weighted by Gasteiger charge is 2.33. The van der Waals surface area contributed by atoms with E-state index in [0.29, 0.717) is 11.5 Å². The number of primary amides is 1. The quantitative estimate of drug-likeness (QED) is 0.653. The molecule has 30 heavy (non-hydrogen) atoms. The molecule has 8 nitrogen and oxygen atoms in total. The molecule has 0 atom stereocenters. The van der Waals surface area contributed by atoms with Gasteiger partial charge in [0.05, 0.1) is 11.3 Å². The number of anilines is 2. The standard InChI is InChI=1S/C18H20F3N5O3S/c1-17(2,3)24-11(27)8-26(10-6-4-5-9(7-10)18(19,20)21)16(29)14-12(22)13(15(23)28)25-30-14/h4-7H,8,22H2,1-3H3,(H2,23,28)(H,24,27). The van der Waals surface area contributed by atoms with E-state index in [1.807, 2.05) is 0 Å². The third-order valence-electron chi connectivity index (χ3n) is 3.70. The van der Waals surface area contributed by atoms with Crippen LogP contribution in [0.1, 0.15) is 46.5 Å². The van der Waals surface area contributed by atoms with Crippen LogP contribution in [0.15, 0.2) is 24.3 Å². The van der Waals surface area contributed by atoms with E-state index in [1.54, 1.807) is 20.8 Å². The maximum absolute atomic E-state index is 13.1. The maximum atomic E-state index is 13.1. The van der Waals surface area contributed by atoms with Gasteiger partial charge in [0.2, 0.25) is 5.91 Å². The molecule has 0 radical (unpaired) electrons. The van der Waals surface area contributed by atoms with Crippen molar-refractivity contribution in [3.05, 3.63) is 40.4 Å². The minimum Gasteiger partial charge on any atom is -0.395 e. The molecule has 1 aromatic heterocycles. The Hall–Kier alpha value is -3.15. The van der Waals surface area contributed by atoms with Gasteiger partial charge in [0.1, 0.15) is 11.4 Å². The van der Waals surface area contributed by atoms with Crippen molar-refractivity contribution in [1.29, 1.82) is 0 Å². The smallest absolute Gasteiger partial charge is 0.395 e. The molecule has 0 unspecified atom stereocenters. The lowest BCUT2D eigenvalue weighted by Crippen LogP contribution is -2.47. The number of aromatic nitrogens is 1. The molecule has 0 fully saturated rings. The number of nitrogen functional groups attached to an aromatic ring is 1. The van der Waals surface area contributed by atoms with Gasteiger partial charge in [0.25, 0.3) is 11.8 Å². The SMILES string of the molecule is CC(C)(C)NC(=O)CN(C(=O)c1snc(C(N)=O)c1N)c1cccc(C(F)(F)F)c1. The molecule has 0 aliphatic carbocycles. The van der Waals surface area contributed by atoms with Crippen LogP contribution in [-0.2, 0) is 11.0 Å². The number of nitrogens with one attached hydrogen (secondary N) is 1. The van der Waals surface area contributed by atoms with Gasteiger partial charge in [-0.3, -0.25) is 19.3 Å². The lowest BCUT2D eigenvalue weighted by Gasteiger charge is -2.26. The zero-order chi connectivity index (χ0) is 22.9. The van der Waals surface area contributed by atoms with Crippen molar-refractivity contribution >= 4 is 40.6 Å². The Kier molecular flexibility index (Phi) is 6.40. The van der Waals surface area contributed by atoms with E-state index in [-0.39, 0.29) is 21.9 Å². The summed E-state index contributed by atoms with van der Waals surface area (Å²) >= 11 is 0.565. The van der Waals surface area contributed by atoms with Gasteiger partial charge in [-0.15, -0.1) is 0 Å². The van der Waals surface area contributed by atoms with Gasteiger partial charge in [-0.2, -0.15) is 17.5 Å². The fraction of sp³-hybridized carbons (Fsp3) is 0.333. The normalized spacial score (nSPS) is 11.8. The Morgan fingerprint density at radius 2 is 1.83 bits per heavy atom. The second-order valence-electron chi connectivity index (χ2n) is 7.38. The Bertz CT molecular complexity index is 982. The van der Waals surface area contributed by atoms with Crippen molar-refractivity contribution in [1.82, 2.24) is 9.69 Å². The largest absolute Gasteiger partial charge is 0.416 e. The number of nitrogens with zero attached hydrogens (tertiary/aromatic N) is 2. The van der Waals surface area contributed by atoms with Crippen molar-refractivity contribution in [2.24, 2.45) is 5.73 Å². The van der Waals surface area contributed by atoms with Gasteiger partial charge in [-0.05, 0) is 50.5 Å². The summed E-state index contributed by atoms with van der Waals surface area (Å²) in [6.07, 6.45) is -4.65. The van der Waals surface area contributed by atoms with Crippen molar-refractivity contribution in [3.63, 3.8) is 0 Å². The lowest BCUT2D eigenvalue weighted by molar-refractivity contribution is -0.137. The van der Waals surface area contributed by atoms with Crippen molar-refractivity contribution in [2.75, 3.05) is 17.2 Å². The summed E-state index contributed by atoms with van der Waals surface area (Å²) in [7, 11) is 0. The van der Waals surface area contributed by atoms with Gasteiger partial charge in [-0.25, -0.2) is 0 Å². The monoisotopic (exact) mass is 443 g/mol. The molecule has 2 rings (SSSR count).